The molecule has 38 heavy (non-hydrogen) atoms. The van der Waals surface area contributed by atoms with Crippen LogP contribution < -0.4 is 0 Å². The number of carbonyl (C=O) groups excluding carboxylic acids is 2. The standard InChI is InChI=1S/C31H27N3O4/c1-3-37-30(35)27-24(19-25(32-27)20-12-7-5-8-13-20)22-16-11-17-23(18-22)26-28(31(36)38-4-2)34-29(33-26)21-14-9-6-10-15-21/h5-18H,3-4,19H2,1-2H3,(H,33,34). The minimum absolute atomic E-state index is 0.243. The van der Waals surface area contributed by atoms with Gasteiger partial charge in [-0.1, -0.05) is 78.9 Å². The predicted molar refractivity (Wildman–Crippen MR) is 147 cm³/mol. The van der Waals surface area contributed by atoms with Crippen LogP contribution in [0.1, 0.15) is 41.9 Å². The van der Waals surface area contributed by atoms with Crippen molar-refractivity contribution < 1.29 is 19.1 Å². The smallest absolute Gasteiger partial charge is 0.357 e. The van der Waals surface area contributed by atoms with Crippen molar-refractivity contribution in [1.29, 1.82) is 0 Å². The first-order valence-electron chi connectivity index (χ1n) is 12.6. The van der Waals surface area contributed by atoms with Gasteiger partial charge in [-0.2, -0.15) is 0 Å². The summed E-state index contributed by atoms with van der Waals surface area (Å²) in [5.74, 6) is -0.377. The highest BCUT2D eigenvalue weighted by molar-refractivity contribution is 6.16. The normalized spacial score (nSPS) is 12.8. The van der Waals surface area contributed by atoms with Gasteiger partial charge >= 0.3 is 11.9 Å². The number of esters is 2. The second-order valence-corrected chi connectivity index (χ2v) is 8.63. The molecule has 0 saturated carbocycles. The van der Waals surface area contributed by atoms with E-state index in [2.05, 4.69) is 9.98 Å². The summed E-state index contributed by atoms with van der Waals surface area (Å²) in [6, 6.07) is 27.0. The number of nitrogens with one attached hydrogen (secondary N) is 1. The quantitative estimate of drug-likeness (QED) is 0.293. The summed E-state index contributed by atoms with van der Waals surface area (Å²) in [7, 11) is 0. The molecular formula is C31H27N3O4. The Balaban J connectivity index is 1.58. The van der Waals surface area contributed by atoms with Crippen LogP contribution in [0, 0.1) is 0 Å². The lowest BCUT2D eigenvalue weighted by Gasteiger charge is -2.09. The van der Waals surface area contributed by atoms with Crippen LogP contribution in [0.5, 0.6) is 0 Å². The molecule has 0 fully saturated rings. The van der Waals surface area contributed by atoms with Gasteiger partial charge in [-0.15, -0.1) is 0 Å². The van der Waals surface area contributed by atoms with E-state index >= 15 is 0 Å². The van der Waals surface area contributed by atoms with Crippen molar-refractivity contribution in [2.45, 2.75) is 20.3 Å². The Bertz CT molecular complexity index is 1540. The maximum absolute atomic E-state index is 12.9. The molecule has 1 aromatic heterocycles. The molecule has 0 atom stereocenters. The summed E-state index contributed by atoms with van der Waals surface area (Å²) in [4.78, 5) is 38.3. The van der Waals surface area contributed by atoms with Crippen LogP contribution in [-0.2, 0) is 14.3 Å². The zero-order valence-electron chi connectivity index (χ0n) is 21.2. The zero-order chi connectivity index (χ0) is 26.5. The van der Waals surface area contributed by atoms with E-state index in [1.54, 1.807) is 13.8 Å². The summed E-state index contributed by atoms with van der Waals surface area (Å²) in [5, 5.41) is 0. The van der Waals surface area contributed by atoms with Crippen molar-refractivity contribution in [2.24, 2.45) is 4.99 Å². The summed E-state index contributed by atoms with van der Waals surface area (Å²) in [6.07, 6.45) is 0.474. The highest BCUT2D eigenvalue weighted by Crippen LogP contribution is 2.35. The minimum atomic E-state index is -0.482. The van der Waals surface area contributed by atoms with E-state index in [1.807, 2.05) is 84.9 Å². The van der Waals surface area contributed by atoms with Gasteiger partial charge in [0.05, 0.1) is 18.9 Å². The van der Waals surface area contributed by atoms with Gasteiger partial charge in [0.25, 0.3) is 0 Å². The number of aromatic nitrogens is 2. The maximum Gasteiger partial charge on any atom is 0.357 e. The Morgan fingerprint density at radius 3 is 2.05 bits per heavy atom. The largest absolute Gasteiger partial charge is 0.461 e. The fourth-order valence-corrected chi connectivity index (χ4v) is 4.42. The molecule has 1 N–H and O–H groups in total. The number of nitrogens with zero attached hydrogens (tertiary/aromatic N) is 2. The lowest BCUT2D eigenvalue weighted by molar-refractivity contribution is -0.138. The second-order valence-electron chi connectivity index (χ2n) is 8.63. The highest BCUT2D eigenvalue weighted by atomic mass is 16.5. The lowest BCUT2D eigenvalue weighted by Crippen LogP contribution is -2.07. The van der Waals surface area contributed by atoms with Gasteiger partial charge in [0.2, 0.25) is 0 Å². The van der Waals surface area contributed by atoms with Crippen molar-refractivity contribution >= 4 is 23.2 Å². The Labute approximate surface area is 220 Å². The summed E-state index contributed by atoms with van der Waals surface area (Å²) in [5.41, 5.74) is 5.93. The number of rotatable bonds is 8. The molecule has 0 saturated heterocycles. The highest BCUT2D eigenvalue weighted by Gasteiger charge is 2.27. The average Bonchev–Trinajstić information content (AvgIpc) is 3.61. The fraction of sp³-hybridized carbons (Fsp3) is 0.161. The van der Waals surface area contributed by atoms with Gasteiger partial charge in [0, 0.05) is 17.5 Å². The maximum atomic E-state index is 12.9. The van der Waals surface area contributed by atoms with Gasteiger partial charge < -0.3 is 14.5 Å². The molecule has 3 aromatic carbocycles. The summed E-state index contributed by atoms with van der Waals surface area (Å²) < 4.78 is 10.6. The number of hydrogen-bond donors (Lipinski definition) is 1. The van der Waals surface area contributed by atoms with E-state index in [1.165, 1.54) is 0 Å². The number of imidazole rings is 1. The number of aliphatic imine (C=N–C) groups is 1. The number of aromatic amines is 1. The molecule has 0 unspecified atom stereocenters. The first kappa shape index (κ1) is 24.9. The number of benzene rings is 3. The molecule has 2 heterocycles. The van der Waals surface area contributed by atoms with E-state index in [-0.39, 0.29) is 18.9 Å². The van der Waals surface area contributed by atoms with Crippen molar-refractivity contribution in [3.8, 4) is 22.6 Å². The van der Waals surface area contributed by atoms with Gasteiger partial charge in [0.1, 0.15) is 11.5 Å². The molecular weight excluding hydrogens is 478 g/mol. The van der Waals surface area contributed by atoms with Gasteiger partial charge in [0.15, 0.2) is 11.4 Å². The molecule has 1 aliphatic rings. The predicted octanol–water partition coefficient (Wildman–Crippen LogP) is 6.09. The van der Waals surface area contributed by atoms with Crippen LogP contribution in [0.3, 0.4) is 0 Å². The molecule has 0 amide bonds. The molecule has 5 rings (SSSR count). The van der Waals surface area contributed by atoms with Crippen LogP contribution in [0.25, 0.3) is 28.2 Å². The molecule has 0 aliphatic carbocycles. The third kappa shape index (κ3) is 5.04. The monoisotopic (exact) mass is 505 g/mol. The summed E-state index contributed by atoms with van der Waals surface area (Å²) in [6.45, 7) is 4.03. The van der Waals surface area contributed by atoms with E-state index in [4.69, 9.17) is 14.5 Å². The molecule has 0 spiro atoms. The molecule has 4 aromatic rings. The van der Waals surface area contributed by atoms with Crippen LogP contribution in [-0.4, -0.2) is 40.8 Å². The Hall–Kier alpha value is -4.78. The van der Waals surface area contributed by atoms with Crippen molar-refractivity contribution in [3.63, 3.8) is 0 Å². The number of H-pyrrole nitrogens is 1. The van der Waals surface area contributed by atoms with Crippen molar-refractivity contribution in [2.75, 3.05) is 13.2 Å². The van der Waals surface area contributed by atoms with E-state index in [0.29, 0.717) is 29.2 Å². The van der Waals surface area contributed by atoms with E-state index in [9.17, 15) is 9.59 Å². The third-order valence-electron chi connectivity index (χ3n) is 6.17. The Morgan fingerprint density at radius 1 is 0.763 bits per heavy atom. The molecule has 1 aliphatic heterocycles. The SMILES string of the molecule is CCOC(=O)C1=C(c2cccc(-c3nc(-c4ccccc4)[nH]c3C(=O)OCC)c2)CC(c2ccccc2)=N1. The lowest BCUT2D eigenvalue weighted by atomic mass is 9.95. The first-order valence-corrected chi connectivity index (χ1v) is 12.6. The average molecular weight is 506 g/mol. The Kier molecular flexibility index (Phi) is 7.26. The number of allylic oxidation sites excluding steroid dienone is 1. The van der Waals surface area contributed by atoms with Gasteiger partial charge in [-0.3, -0.25) is 0 Å². The van der Waals surface area contributed by atoms with Crippen LogP contribution in [0.4, 0.5) is 0 Å². The van der Waals surface area contributed by atoms with Crippen LogP contribution in [0.2, 0.25) is 0 Å². The third-order valence-corrected chi connectivity index (χ3v) is 6.17. The molecule has 7 nitrogen and oxygen atoms in total. The topological polar surface area (TPSA) is 93.6 Å². The number of carbonyl (C=O) groups is 2. The first-order chi connectivity index (χ1) is 18.6. The molecule has 0 radical (unpaired) electrons. The second kappa shape index (κ2) is 11.1. The van der Waals surface area contributed by atoms with Crippen molar-refractivity contribution in [3.05, 3.63) is 107 Å². The zero-order valence-corrected chi connectivity index (χ0v) is 21.2. The number of ether oxygens (including phenoxy) is 2. The molecule has 190 valence electrons. The van der Waals surface area contributed by atoms with Crippen molar-refractivity contribution in [1.82, 2.24) is 9.97 Å². The van der Waals surface area contributed by atoms with E-state index < -0.39 is 11.9 Å². The van der Waals surface area contributed by atoms with Gasteiger partial charge in [-0.25, -0.2) is 19.6 Å². The van der Waals surface area contributed by atoms with Crippen LogP contribution >= 0.6 is 0 Å². The molecule has 7 heteroatoms. The molecule has 0 bridgehead atoms. The van der Waals surface area contributed by atoms with Gasteiger partial charge in [-0.05, 0) is 36.6 Å². The number of hydrogen-bond acceptors (Lipinski definition) is 6. The van der Waals surface area contributed by atoms with E-state index in [0.717, 1.165) is 28.0 Å². The minimum Gasteiger partial charge on any atom is -0.461 e. The Morgan fingerprint density at radius 2 is 1.37 bits per heavy atom. The summed E-state index contributed by atoms with van der Waals surface area (Å²) >= 11 is 0. The van der Waals surface area contributed by atoms with Crippen LogP contribution in [0.15, 0.2) is 95.6 Å². The fourth-order valence-electron chi connectivity index (χ4n) is 4.42.